The molecule has 6 aromatic rings. The molecule has 0 unspecified atom stereocenters. The lowest BCUT2D eigenvalue weighted by Crippen LogP contribution is -2.00. The molecular weight excluding hydrogens is 482 g/mol. The summed E-state index contributed by atoms with van der Waals surface area (Å²) in [5.41, 5.74) is 2.61. The molecular formula is C27H9N9O2. The Bertz CT molecular complexity index is 1850. The van der Waals surface area contributed by atoms with Crippen molar-refractivity contribution in [2.45, 2.75) is 0 Å². The molecule has 11 heteroatoms. The van der Waals surface area contributed by atoms with Gasteiger partial charge in [-0.2, -0.15) is 26.0 Å². The van der Waals surface area contributed by atoms with Crippen LogP contribution in [0.4, 0.5) is 0 Å². The number of oxazole rings is 2. The lowest BCUT2D eigenvalue weighted by molar-refractivity contribution is 0.605. The first-order valence-electron chi connectivity index (χ1n) is 10.9. The van der Waals surface area contributed by atoms with Gasteiger partial charge in [-0.3, -0.25) is 0 Å². The van der Waals surface area contributed by atoms with Gasteiger partial charge in [0.15, 0.2) is 17.0 Å². The van der Waals surface area contributed by atoms with Crippen LogP contribution in [-0.2, 0) is 0 Å². The zero-order chi connectivity index (χ0) is 26.2. The quantitative estimate of drug-likeness (QED) is 0.335. The van der Waals surface area contributed by atoms with Gasteiger partial charge in [0.25, 0.3) is 11.8 Å². The molecule has 0 radical (unpaired) electrons. The molecule has 0 atom stereocenters. The third-order valence-corrected chi connectivity index (χ3v) is 5.59. The van der Waals surface area contributed by atoms with E-state index < -0.39 is 0 Å². The van der Waals surface area contributed by atoms with Crippen molar-refractivity contribution in [3.63, 3.8) is 0 Å². The summed E-state index contributed by atoms with van der Waals surface area (Å²) < 4.78 is 11.7. The number of hydrogen-bond donors (Lipinski definition) is 0. The number of nitriles is 4. The average Bonchev–Trinajstić information content (AvgIpc) is 3.59. The maximum Gasteiger partial charge on any atom is 0.266 e. The molecule has 38 heavy (non-hydrogen) atoms. The van der Waals surface area contributed by atoms with Crippen LogP contribution < -0.4 is 0 Å². The second kappa shape index (κ2) is 8.66. The Morgan fingerprint density at radius 1 is 0.500 bits per heavy atom. The fraction of sp³-hybridized carbons (Fsp3) is 0. The Morgan fingerprint density at radius 3 is 1.37 bits per heavy atom. The average molecular weight is 491 g/mol. The highest BCUT2D eigenvalue weighted by molar-refractivity contribution is 5.81. The van der Waals surface area contributed by atoms with Gasteiger partial charge in [0.1, 0.15) is 35.3 Å². The van der Waals surface area contributed by atoms with Crippen LogP contribution in [0, 0.1) is 45.3 Å². The van der Waals surface area contributed by atoms with Crippen LogP contribution in [0.2, 0.25) is 0 Å². The van der Waals surface area contributed by atoms with E-state index in [1.165, 1.54) is 24.3 Å². The monoisotopic (exact) mass is 491 g/mol. The summed E-state index contributed by atoms with van der Waals surface area (Å²) in [6.45, 7) is 0. The first-order valence-corrected chi connectivity index (χ1v) is 10.9. The third-order valence-electron chi connectivity index (χ3n) is 5.59. The van der Waals surface area contributed by atoms with E-state index in [2.05, 4.69) is 24.9 Å². The van der Waals surface area contributed by atoms with E-state index in [-0.39, 0.29) is 56.9 Å². The predicted molar refractivity (Wildman–Crippen MR) is 130 cm³/mol. The standard InChI is InChI=1S/C27H9N9O2/c28-10-15-6-19-21(8-17(15)12-30)37-26(32-19)24-34-23(14-4-2-1-3-5-14)35-25(36-24)27-33-20-7-16(11-29)18(13-31)9-22(20)38-27/h1-9H. The summed E-state index contributed by atoms with van der Waals surface area (Å²) >= 11 is 0. The Labute approximate surface area is 213 Å². The van der Waals surface area contributed by atoms with Crippen LogP contribution in [0.3, 0.4) is 0 Å². The molecule has 174 valence electrons. The molecule has 0 saturated heterocycles. The molecule has 0 amide bonds. The Kier molecular flexibility index (Phi) is 5.03. The molecule has 0 aliphatic rings. The van der Waals surface area contributed by atoms with Gasteiger partial charge in [-0.05, 0) is 12.1 Å². The highest BCUT2D eigenvalue weighted by Gasteiger charge is 2.21. The fourth-order valence-corrected chi connectivity index (χ4v) is 3.79. The van der Waals surface area contributed by atoms with Crippen molar-refractivity contribution in [2.24, 2.45) is 0 Å². The van der Waals surface area contributed by atoms with Crippen LogP contribution in [-0.4, -0.2) is 24.9 Å². The normalized spacial score (nSPS) is 10.5. The molecule has 0 aliphatic carbocycles. The zero-order valence-corrected chi connectivity index (χ0v) is 19.0. The first kappa shape index (κ1) is 22.1. The SMILES string of the molecule is N#Cc1cc2nc(-c3nc(-c4ccccc4)nc(-c4nc5cc(C#N)c(C#N)cc5o4)n3)oc2cc1C#N. The molecule has 6 rings (SSSR count). The second-order valence-corrected chi connectivity index (χ2v) is 7.89. The first-order chi connectivity index (χ1) is 18.6. The number of aromatic nitrogens is 5. The Morgan fingerprint density at radius 2 is 0.921 bits per heavy atom. The van der Waals surface area contributed by atoms with E-state index in [0.29, 0.717) is 22.4 Å². The lowest BCUT2D eigenvalue weighted by atomic mass is 10.1. The highest BCUT2D eigenvalue weighted by atomic mass is 16.4. The van der Waals surface area contributed by atoms with Crippen molar-refractivity contribution >= 4 is 22.2 Å². The minimum Gasteiger partial charge on any atom is -0.433 e. The van der Waals surface area contributed by atoms with E-state index in [1.54, 1.807) is 0 Å². The summed E-state index contributed by atoms with van der Waals surface area (Å²) in [7, 11) is 0. The maximum absolute atomic E-state index is 9.34. The van der Waals surface area contributed by atoms with Gasteiger partial charge in [-0.1, -0.05) is 30.3 Å². The van der Waals surface area contributed by atoms with E-state index >= 15 is 0 Å². The minimum atomic E-state index is 0.0365. The summed E-state index contributed by atoms with van der Waals surface area (Å²) in [4.78, 5) is 22.4. The van der Waals surface area contributed by atoms with Gasteiger partial charge in [0.2, 0.25) is 11.6 Å². The number of rotatable bonds is 3. The molecule has 3 heterocycles. The van der Waals surface area contributed by atoms with Crippen molar-refractivity contribution < 1.29 is 8.83 Å². The van der Waals surface area contributed by atoms with Crippen molar-refractivity contribution in [1.82, 2.24) is 24.9 Å². The summed E-state index contributed by atoms with van der Waals surface area (Å²) in [6.07, 6.45) is 0. The molecule has 0 fully saturated rings. The van der Waals surface area contributed by atoms with Gasteiger partial charge in [0, 0.05) is 17.7 Å². The van der Waals surface area contributed by atoms with Gasteiger partial charge < -0.3 is 8.83 Å². The predicted octanol–water partition coefficient (Wildman–Crippen LogP) is 4.64. The van der Waals surface area contributed by atoms with Crippen LogP contribution >= 0.6 is 0 Å². The number of nitrogens with zero attached hydrogens (tertiary/aromatic N) is 9. The van der Waals surface area contributed by atoms with Gasteiger partial charge >= 0.3 is 0 Å². The molecule has 3 aromatic carbocycles. The second-order valence-electron chi connectivity index (χ2n) is 7.89. The van der Waals surface area contributed by atoms with Crippen LogP contribution in [0.25, 0.3) is 57.0 Å². The fourth-order valence-electron chi connectivity index (χ4n) is 3.79. The molecule has 0 N–H and O–H groups in total. The van der Waals surface area contributed by atoms with Crippen molar-refractivity contribution in [3.05, 3.63) is 76.9 Å². The minimum absolute atomic E-state index is 0.0365. The third kappa shape index (κ3) is 3.63. The summed E-state index contributed by atoms with van der Waals surface area (Å²) in [5.74, 6) is 0.504. The molecule has 3 aromatic heterocycles. The zero-order valence-electron chi connectivity index (χ0n) is 19.0. The molecule has 0 aliphatic heterocycles. The maximum atomic E-state index is 9.34. The number of fused-ring (bicyclic) bond motifs is 2. The van der Waals surface area contributed by atoms with E-state index in [0.717, 1.165) is 0 Å². The summed E-state index contributed by atoms with van der Waals surface area (Å²) in [5, 5.41) is 37.3. The highest BCUT2D eigenvalue weighted by Crippen LogP contribution is 2.30. The molecule has 0 bridgehead atoms. The van der Waals surface area contributed by atoms with E-state index in [1.807, 2.05) is 54.6 Å². The van der Waals surface area contributed by atoms with Crippen molar-refractivity contribution in [2.75, 3.05) is 0 Å². The van der Waals surface area contributed by atoms with Crippen LogP contribution in [0.5, 0.6) is 0 Å². The topological polar surface area (TPSA) is 186 Å². The van der Waals surface area contributed by atoms with Gasteiger partial charge in [-0.25, -0.2) is 19.9 Å². The Balaban J connectivity index is 1.56. The van der Waals surface area contributed by atoms with Crippen molar-refractivity contribution in [3.8, 4) is 59.1 Å². The smallest absolute Gasteiger partial charge is 0.266 e. The van der Waals surface area contributed by atoms with Crippen LogP contribution in [0.1, 0.15) is 22.3 Å². The van der Waals surface area contributed by atoms with Gasteiger partial charge in [-0.15, -0.1) is 0 Å². The lowest BCUT2D eigenvalue weighted by Gasteiger charge is -2.03. The van der Waals surface area contributed by atoms with Crippen LogP contribution in [0.15, 0.2) is 63.4 Å². The molecule has 0 saturated carbocycles. The van der Waals surface area contributed by atoms with Gasteiger partial charge in [0.05, 0.1) is 22.3 Å². The number of hydrogen-bond acceptors (Lipinski definition) is 11. The molecule has 11 nitrogen and oxygen atoms in total. The Hall–Kier alpha value is -6.43. The van der Waals surface area contributed by atoms with E-state index in [9.17, 15) is 21.0 Å². The number of benzene rings is 3. The summed E-state index contributed by atoms with van der Waals surface area (Å²) in [6, 6.07) is 22.8. The van der Waals surface area contributed by atoms with E-state index in [4.69, 9.17) is 8.83 Å². The molecule has 0 spiro atoms. The largest absolute Gasteiger partial charge is 0.433 e. The van der Waals surface area contributed by atoms with Crippen molar-refractivity contribution in [1.29, 1.82) is 21.0 Å².